The Morgan fingerprint density at radius 1 is 0.481 bits per heavy atom. The van der Waals surface area contributed by atoms with Crippen molar-refractivity contribution in [3.05, 3.63) is 72.9 Å². The Labute approximate surface area is 496 Å². The van der Waals surface area contributed by atoms with E-state index in [0.29, 0.717) is 12.8 Å². The van der Waals surface area contributed by atoms with Gasteiger partial charge in [0.15, 0.2) is 12.4 Å². The van der Waals surface area contributed by atoms with Crippen molar-refractivity contribution in [2.45, 2.75) is 346 Å². The molecule has 1 heterocycles. The number of hydrogen-bond acceptors (Lipinski definition) is 10. The molecule has 0 radical (unpaired) electrons. The van der Waals surface area contributed by atoms with Gasteiger partial charge in [-0.1, -0.05) is 267 Å². The largest absolute Gasteiger partial charge is 0.454 e. The van der Waals surface area contributed by atoms with E-state index in [9.17, 15) is 35.1 Å². The smallest absolute Gasteiger partial charge is 0.306 e. The first-order valence-corrected chi connectivity index (χ1v) is 33.7. The third-order valence-corrected chi connectivity index (χ3v) is 15.6. The van der Waals surface area contributed by atoms with Gasteiger partial charge in [-0.3, -0.25) is 9.59 Å². The van der Waals surface area contributed by atoms with Gasteiger partial charge in [0.2, 0.25) is 5.91 Å². The molecule has 0 aromatic carbocycles. The van der Waals surface area contributed by atoms with Crippen LogP contribution in [0.1, 0.15) is 297 Å². The Hall–Kier alpha value is -2.90. The quantitative estimate of drug-likeness (QED) is 0.0195. The standard InChI is InChI=1S/C70H125NO10/c1-4-7-10-13-16-19-22-24-26-28-30-32-34-36-38-40-43-46-49-52-55-58-65(75)81-68-67(77)66(76)64(59-72)80-70(68)79-60-61(62(73)56-53-50-47-44-41-21-18-15-12-9-6-3)71-69(78)63(74)57-54-51-48-45-42-39-37-35-33-31-29-27-25-23-20-17-14-11-8-5-2/h16-17,19-20,24-27,31,33,53,56,61-64,66-68,70,72-74,76-77H,4-15,18,21-23,28-30,32,34-52,54-55,57-60H2,1-3H3,(H,71,78)/b19-16-,20-17-,26-24-,27-25-,33-31-,56-53+. The maximum atomic E-state index is 13.4. The monoisotopic (exact) mass is 1140 g/mol. The summed E-state index contributed by atoms with van der Waals surface area (Å²) >= 11 is 0. The molecule has 0 aromatic rings. The molecule has 0 saturated carbocycles. The van der Waals surface area contributed by atoms with Crippen LogP contribution in [-0.2, 0) is 23.8 Å². The molecule has 0 aliphatic carbocycles. The number of ether oxygens (including phenoxy) is 3. The first-order chi connectivity index (χ1) is 39.7. The Morgan fingerprint density at radius 2 is 0.852 bits per heavy atom. The van der Waals surface area contributed by atoms with Gasteiger partial charge in [-0.2, -0.15) is 0 Å². The van der Waals surface area contributed by atoms with Crippen LogP contribution >= 0.6 is 0 Å². The Morgan fingerprint density at radius 3 is 1.30 bits per heavy atom. The lowest BCUT2D eigenvalue weighted by atomic mass is 9.99. The van der Waals surface area contributed by atoms with Crippen molar-refractivity contribution < 1.29 is 49.3 Å². The van der Waals surface area contributed by atoms with Gasteiger partial charge < -0.3 is 45.1 Å². The second-order valence-electron chi connectivity index (χ2n) is 23.2. The van der Waals surface area contributed by atoms with Crippen molar-refractivity contribution in [3.8, 4) is 0 Å². The molecule has 1 saturated heterocycles. The average Bonchev–Trinajstić information content (AvgIpc) is 3.51. The van der Waals surface area contributed by atoms with Crippen molar-refractivity contribution >= 4 is 11.9 Å². The van der Waals surface area contributed by atoms with Gasteiger partial charge in [0.25, 0.3) is 0 Å². The Kier molecular flexibility index (Phi) is 54.1. The molecular formula is C70H125NO10. The fraction of sp³-hybridized carbons (Fsp3) is 0.800. The van der Waals surface area contributed by atoms with Crippen LogP contribution in [0.15, 0.2) is 72.9 Å². The summed E-state index contributed by atoms with van der Waals surface area (Å²) in [6.45, 7) is 5.75. The van der Waals surface area contributed by atoms with Crippen LogP contribution in [0.4, 0.5) is 0 Å². The van der Waals surface area contributed by atoms with E-state index < -0.39 is 67.4 Å². The van der Waals surface area contributed by atoms with Crippen LogP contribution in [0.25, 0.3) is 0 Å². The summed E-state index contributed by atoms with van der Waals surface area (Å²) in [5.74, 6) is -1.20. The van der Waals surface area contributed by atoms with Gasteiger partial charge in [0.1, 0.15) is 24.4 Å². The van der Waals surface area contributed by atoms with Crippen LogP contribution in [0.3, 0.4) is 0 Å². The SMILES string of the molecule is CCCCC/C=C\C/C=C\C/C=C\CCCCCCCCCC(O)C(=O)NC(COC1OC(CO)C(O)C(O)C1OC(=O)CCCCCCCCCCCCC/C=C\C/C=C\CCCCC)C(O)/C=C/CCCCCCCCCCC. The number of rotatable bonds is 57. The summed E-state index contributed by atoms with van der Waals surface area (Å²) < 4.78 is 17.7. The lowest BCUT2D eigenvalue weighted by Crippen LogP contribution is -2.61. The molecule has 11 heteroatoms. The third kappa shape index (κ3) is 45.2. The summed E-state index contributed by atoms with van der Waals surface area (Å²) in [4.78, 5) is 26.6. The Bertz CT molecular complexity index is 1590. The molecule has 470 valence electrons. The summed E-state index contributed by atoms with van der Waals surface area (Å²) in [6, 6.07) is -1.03. The van der Waals surface area contributed by atoms with E-state index in [1.165, 1.54) is 161 Å². The molecule has 1 aliphatic heterocycles. The molecular weight excluding hydrogens is 1010 g/mol. The second kappa shape index (κ2) is 57.5. The van der Waals surface area contributed by atoms with Crippen LogP contribution in [0.5, 0.6) is 0 Å². The first kappa shape index (κ1) is 76.1. The first-order valence-electron chi connectivity index (χ1n) is 33.7. The number of carbonyl (C=O) groups is 2. The minimum absolute atomic E-state index is 0.119. The fourth-order valence-electron chi connectivity index (χ4n) is 10.2. The van der Waals surface area contributed by atoms with Crippen LogP contribution in [0, 0.1) is 0 Å². The summed E-state index contributed by atoms with van der Waals surface area (Å²) in [5.41, 5.74) is 0. The molecule has 11 nitrogen and oxygen atoms in total. The number of allylic oxidation sites excluding steroid dienone is 11. The van der Waals surface area contributed by atoms with Gasteiger partial charge in [-0.05, 0) is 96.3 Å². The van der Waals surface area contributed by atoms with Crippen molar-refractivity contribution in [1.29, 1.82) is 0 Å². The number of aliphatic hydroxyl groups excluding tert-OH is 5. The van der Waals surface area contributed by atoms with Gasteiger partial charge >= 0.3 is 5.97 Å². The second-order valence-corrected chi connectivity index (χ2v) is 23.2. The Balaban J connectivity index is 2.61. The van der Waals surface area contributed by atoms with E-state index in [4.69, 9.17) is 14.2 Å². The zero-order chi connectivity index (χ0) is 58.9. The van der Waals surface area contributed by atoms with Gasteiger partial charge in [0.05, 0.1) is 25.4 Å². The van der Waals surface area contributed by atoms with E-state index in [1.807, 2.05) is 6.08 Å². The molecule has 1 fully saturated rings. The highest BCUT2D eigenvalue weighted by atomic mass is 16.7. The minimum atomic E-state index is -1.62. The van der Waals surface area contributed by atoms with Crippen LogP contribution in [0.2, 0.25) is 0 Å². The molecule has 1 amide bonds. The normalized spacial score (nSPS) is 19.1. The number of unbranched alkanes of at least 4 members (excludes halogenated alkanes) is 33. The van der Waals surface area contributed by atoms with E-state index in [0.717, 1.165) is 89.9 Å². The van der Waals surface area contributed by atoms with Gasteiger partial charge in [-0.25, -0.2) is 0 Å². The third-order valence-electron chi connectivity index (χ3n) is 15.6. The van der Waals surface area contributed by atoms with E-state index >= 15 is 0 Å². The zero-order valence-electron chi connectivity index (χ0n) is 52.1. The average molecular weight is 1140 g/mol. The number of carbonyl (C=O) groups excluding carboxylic acids is 2. The van der Waals surface area contributed by atoms with E-state index in [-0.39, 0.29) is 19.4 Å². The highest BCUT2D eigenvalue weighted by molar-refractivity contribution is 5.80. The predicted molar refractivity (Wildman–Crippen MR) is 338 cm³/mol. The molecule has 0 aromatic heterocycles. The van der Waals surface area contributed by atoms with Crippen molar-refractivity contribution in [3.63, 3.8) is 0 Å². The number of aliphatic hydroxyl groups is 5. The topological polar surface area (TPSA) is 175 Å². The van der Waals surface area contributed by atoms with Crippen molar-refractivity contribution in [2.75, 3.05) is 13.2 Å². The molecule has 8 atom stereocenters. The summed E-state index contributed by atoms with van der Waals surface area (Å²) in [7, 11) is 0. The van der Waals surface area contributed by atoms with Crippen LogP contribution < -0.4 is 5.32 Å². The minimum Gasteiger partial charge on any atom is -0.454 e. The number of nitrogens with one attached hydrogen (secondary N) is 1. The number of esters is 1. The lowest BCUT2D eigenvalue weighted by Gasteiger charge is -2.41. The molecule has 81 heavy (non-hydrogen) atoms. The maximum Gasteiger partial charge on any atom is 0.306 e. The molecule has 0 spiro atoms. The number of amides is 1. The summed E-state index contributed by atoms with van der Waals surface area (Å²) in [6.07, 6.45) is 63.6. The van der Waals surface area contributed by atoms with E-state index in [2.05, 4.69) is 86.8 Å². The van der Waals surface area contributed by atoms with Gasteiger partial charge in [0, 0.05) is 6.42 Å². The highest BCUT2D eigenvalue weighted by Gasteiger charge is 2.47. The molecule has 0 bridgehead atoms. The highest BCUT2D eigenvalue weighted by Crippen LogP contribution is 2.26. The summed E-state index contributed by atoms with van der Waals surface area (Å²) in [5, 5.41) is 57.1. The molecule has 1 aliphatic rings. The van der Waals surface area contributed by atoms with Crippen molar-refractivity contribution in [2.24, 2.45) is 0 Å². The fourth-order valence-corrected chi connectivity index (χ4v) is 10.2. The molecule has 8 unspecified atom stereocenters. The lowest BCUT2D eigenvalue weighted by molar-refractivity contribution is -0.305. The predicted octanol–water partition coefficient (Wildman–Crippen LogP) is 16.7. The molecule has 1 rings (SSSR count). The van der Waals surface area contributed by atoms with Gasteiger partial charge in [-0.15, -0.1) is 0 Å². The number of hydrogen-bond donors (Lipinski definition) is 6. The maximum absolute atomic E-state index is 13.4. The zero-order valence-corrected chi connectivity index (χ0v) is 52.1. The van der Waals surface area contributed by atoms with Crippen LogP contribution in [-0.4, -0.2) is 99.6 Å². The van der Waals surface area contributed by atoms with Crippen molar-refractivity contribution in [1.82, 2.24) is 5.32 Å². The molecule has 6 N–H and O–H groups in total. The van der Waals surface area contributed by atoms with E-state index in [1.54, 1.807) is 6.08 Å².